The molecule has 1 aliphatic carbocycles. The zero-order valence-electron chi connectivity index (χ0n) is 10.8. The van der Waals surface area contributed by atoms with Crippen LogP contribution < -0.4 is 5.32 Å². The van der Waals surface area contributed by atoms with Crippen LogP contribution in [0, 0.1) is 5.41 Å². The van der Waals surface area contributed by atoms with Crippen molar-refractivity contribution in [2.75, 3.05) is 19.7 Å². The number of rotatable bonds is 8. The summed E-state index contributed by atoms with van der Waals surface area (Å²) < 4.78 is 5.74. The standard InChI is InChI=1S/C14H25NO/c1-4-5-10-15-11-14(8-6-7-9-14)12-16-13(2)3/h6-9,13,15H,4-5,10-12H2,1-3H3. The van der Waals surface area contributed by atoms with E-state index in [-0.39, 0.29) is 5.41 Å². The first-order valence-electron chi connectivity index (χ1n) is 6.38. The van der Waals surface area contributed by atoms with E-state index in [1.807, 2.05) is 0 Å². The molecule has 0 atom stereocenters. The lowest BCUT2D eigenvalue weighted by atomic mass is 9.91. The molecule has 0 aliphatic heterocycles. The Hall–Kier alpha value is -0.600. The molecule has 0 unspecified atom stereocenters. The highest BCUT2D eigenvalue weighted by Gasteiger charge is 2.26. The van der Waals surface area contributed by atoms with E-state index in [1.54, 1.807) is 0 Å². The molecule has 0 bridgehead atoms. The summed E-state index contributed by atoms with van der Waals surface area (Å²) in [5, 5.41) is 3.51. The largest absolute Gasteiger partial charge is 0.378 e. The second-order valence-electron chi connectivity index (χ2n) is 4.84. The second kappa shape index (κ2) is 6.87. The van der Waals surface area contributed by atoms with Crippen LogP contribution in [0.5, 0.6) is 0 Å². The Morgan fingerprint density at radius 3 is 2.50 bits per heavy atom. The number of allylic oxidation sites excluding steroid dienone is 2. The average Bonchev–Trinajstić information content (AvgIpc) is 2.71. The summed E-state index contributed by atoms with van der Waals surface area (Å²) in [6.07, 6.45) is 11.5. The van der Waals surface area contributed by atoms with E-state index >= 15 is 0 Å². The van der Waals surface area contributed by atoms with Gasteiger partial charge < -0.3 is 10.1 Å². The van der Waals surface area contributed by atoms with E-state index in [4.69, 9.17) is 4.74 Å². The Kier molecular flexibility index (Phi) is 5.78. The minimum absolute atomic E-state index is 0.0814. The van der Waals surface area contributed by atoms with Crippen molar-refractivity contribution in [3.8, 4) is 0 Å². The summed E-state index contributed by atoms with van der Waals surface area (Å²) in [6.45, 7) is 9.24. The van der Waals surface area contributed by atoms with E-state index in [0.717, 1.165) is 19.7 Å². The molecule has 1 N–H and O–H groups in total. The summed E-state index contributed by atoms with van der Waals surface area (Å²) >= 11 is 0. The molecule has 2 nitrogen and oxygen atoms in total. The van der Waals surface area contributed by atoms with Crippen molar-refractivity contribution in [2.24, 2.45) is 5.41 Å². The van der Waals surface area contributed by atoms with Crippen LogP contribution in [0.15, 0.2) is 24.3 Å². The molecule has 0 fully saturated rings. The topological polar surface area (TPSA) is 21.3 Å². The van der Waals surface area contributed by atoms with Gasteiger partial charge >= 0.3 is 0 Å². The van der Waals surface area contributed by atoms with Crippen LogP contribution in [-0.2, 0) is 4.74 Å². The van der Waals surface area contributed by atoms with Crippen molar-refractivity contribution in [3.05, 3.63) is 24.3 Å². The fourth-order valence-electron chi connectivity index (χ4n) is 1.76. The molecular formula is C14H25NO. The van der Waals surface area contributed by atoms with Crippen LogP contribution in [0.4, 0.5) is 0 Å². The zero-order valence-corrected chi connectivity index (χ0v) is 10.8. The number of hydrogen-bond acceptors (Lipinski definition) is 2. The third kappa shape index (κ3) is 4.50. The predicted octanol–water partition coefficient (Wildman–Crippen LogP) is 2.91. The van der Waals surface area contributed by atoms with Crippen molar-refractivity contribution in [1.29, 1.82) is 0 Å². The highest BCUT2D eigenvalue weighted by Crippen LogP contribution is 2.26. The van der Waals surface area contributed by atoms with Gasteiger partial charge in [-0.1, -0.05) is 37.6 Å². The lowest BCUT2D eigenvalue weighted by Gasteiger charge is -2.26. The van der Waals surface area contributed by atoms with Crippen molar-refractivity contribution in [2.45, 2.75) is 39.7 Å². The maximum Gasteiger partial charge on any atom is 0.0607 e. The summed E-state index contributed by atoms with van der Waals surface area (Å²) in [5.74, 6) is 0. The molecule has 0 amide bonds. The fraction of sp³-hybridized carbons (Fsp3) is 0.714. The van der Waals surface area contributed by atoms with Gasteiger partial charge in [0.05, 0.1) is 12.7 Å². The van der Waals surface area contributed by atoms with E-state index < -0.39 is 0 Å². The molecule has 1 rings (SSSR count). The molecule has 0 saturated carbocycles. The van der Waals surface area contributed by atoms with Crippen LogP contribution in [0.3, 0.4) is 0 Å². The van der Waals surface area contributed by atoms with E-state index in [2.05, 4.69) is 50.4 Å². The third-order valence-electron chi connectivity index (χ3n) is 2.81. The smallest absolute Gasteiger partial charge is 0.0607 e. The lowest BCUT2D eigenvalue weighted by Crippen LogP contribution is -2.35. The highest BCUT2D eigenvalue weighted by molar-refractivity contribution is 5.25. The number of ether oxygens (including phenoxy) is 1. The fourth-order valence-corrected chi connectivity index (χ4v) is 1.76. The molecular weight excluding hydrogens is 198 g/mol. The maximum atomic E-state index is 5.74. The number of hydrogen-bond donors (Lipinski definition) is 1. The Morgan fingerprint density at radius 1 is 1.25 bits per heavy atom. The van der Waals surface area contributed by atoms with Crippen LogP contribution in [0.25, 0.3) is 0 Å². The summed E-state index contributed by atoms with van der Waals surface area (Å²) in [5.41, 5.74) is 0.0814. The highest BCUT2D eigenvalue weighted by atomic mass is 16.5. The molecule has 1 aliphatic rings. The summed E-state index contributed by atoms with van der Waals surface area (Å²) in [7, 11) is 0. The maximum absolute atomic E-state index is 5.74. The molecule has 0 aromatic rings. The van der Waals surface area contributed by atoms with Crippen molar-refractivity contribution in [3.63, 3.8) is 0 Å². The SMILES string of the molecule is CCCCNCC1(COC(C)C)C=CC=C1. The normalized spacial score (nSPS) is 17.5. The van der Waals surface area contributed by atoms with Crippen molar-refractivity contribution < 1.29 is 4.74 Å². The molecule has 0 saturated heterocycles. The van der Waals surface area contributed by atoms with Gasteiger partial charge in [0.1, 0.15) is 0 Å². The number of unbranched alkanes of at least 4 members (excludes halogenated alkanes) is 1. The molecule has 0 spiro atoms. The van der Waals surface area contributed by atoms with Crippen molar-refractivity contribution >= 4 is 0 Å². The van der Waals surface area contributed by atoms with Crippen LogP contribution in [0.1, 0.15) is 33.6 Å². The van der Waals surface area contributed by atoms with Gasteiger partial charge in [-0.3, -0.25) is 0 Å². The number of nitrogens with one attached hydrogen (secondary N) is 1. The van der Waals surface area contributed by atoms with Crippen molar-refractivity contribution in [1.82, 2.24) is 5.32 Å². The Morgan fingerprint density at radius 2 is 1.94 bits per heavy atom. The minimum Gasteiger partial charge on any atom is -0.378 e. The predicted molar refractivity (Wildman–Crippen MR) is 69.6 cm³/mol. The molecule has 0 aromatic heterocycles. The van der Waals surface area contributed by atoms with Gasteiger partial charge in [-0.05, 0) is 26.8 Å². The quantitative estimate of drug-likeness (QED) is 0.639. The molecule has 0 aromatic carbocycles. The Bertz CT molecular complexity index is 231. The third-order valence-corrected chi connectivity index (χ3v) is 2.81. The van der Waals surface area contributed by atoms with Gasteiger partial charge in [-0.15, -0.1) is 0 Å². The van der Waals surface area contributed by atoms with Crippen LogP contribution >= 0.6 is 0 Å². The summed E-state index contributed by atoms with van der Waals surface area (Å²) in [6, 6.07) is 0. The first-order valence-corrected chi connectivity index (χ1v) is 6.38. The Balaban J connectivity index is 2.34. The Labute approximate surface area is 99.8 Å². The van der Waals surface area contributed by atoms with E-state index in [0.29, 0.717) is 6.10 Å². The van der Waals surface area contributed by atoms with Gasteiger partial charge in [0.25, 0.3) is 0 Å². The second-order valence-corrected chi connectivity index (χ2v) is 4.84. The first-order chi connectivity index (χ1) is 7.68. The van der Waals surface area contributed by atoms with Crippen LogP contribution in [0.2, 0.25) is 0 Å². The van der Waals surface area contributed by atoms with Crippen LogP contribution in [-0.4, -0.2) is 25.8 Å². The zero-order chi connectivity index (χ0) is 11.9. The average molecular weight is 223 g/mol. The molecule has 0 heterocycles. The van der Waals surface area contributed by atoms with Gasteiger partial charge in [0.15, 0.2) is 0 Å². The van der Waals surface area contributed by atoms with Gasteiger partial charge in [0.2, 0.25) is 0 Å². The molecule has 92 valence electrons. The monoisotopic (exact) mass is 223 g/mol. The van der Waals surface area contributed by atoms with E-state index in [9.17, 15) is 0 Å². The van der Waals surface area contributed by atoms with E-state index in [1.165, 1.54) is 12.8 Å². The molecule has 0 radical (unpaired) electrons. The minimum atomic E-state index is 0.0814. The first kappa shape index (κ1) is 13.5. The summed E-state index contributed by atoms with van der Waals surface area (Å²) in [4.78, 5) is 0. The van der Waals surface area contributed by atoms with Gasteiger partial charge in [-0.25, -0.2) is 0 Å². The lowest BCUT2D eigenvalue weighted by molar-refractivity contribution is 0.0421. The molecule has 16 heavy (non-hydrogen) atoms. The molecule has 2 heteroatoms. The van der Waals surface area contributed by atoms with Gasteiger partial charge in [-0.2, -0.15) is 0 Å². The van der Waals surface area contributed by atoms with Gasteiger partial charge in [0, 0.05) is 12.0 Å².